The fraction of sp³-hybridized carbons (Fsp3) is 0.400. The second kappa shape index (κ2) is 5.54. The maximum absolute atomic E-state index is 13.3. The van der Waals surface area contributed by atoms with E-state index in [4.69, 9.17) is 16.7 Å². The fourth-order valence-electron chi connectivity index (χ4n) is 1.27. The summed E-state index contributed by atoms with van der Waals surface area (Å²) < 4.78 is 50.5. The van der Waals surface area contributed by atoms with E-state index in [0.29, 0.717) is 0 Å². The zero-order chi connectivity index (χ0) is 13.2. The zero-order valence-electron chi connectivity index (χ0n) is 8.36. The van der Waals surface area contributed by atoms with Crippen LogP contribution in [0.2, 0.25) is 5.02 Å². The van der Waals surface area contributed by atoms with Crippen LogP contribution >= 0.6 is 27.5 Å². The number of alkyl halides is 3. The van der Waals surface area contributed by atoms with Gasteiger partial charge in [-0.2, -0.15) is 13.2 Å². The van der Waals surface area contributed by atoms with Gasteiger partial charge in [-0.05, 0) is 34.0 Å². The summed E-state index contributed by atoms with van der Waals surface area (Å²) in [6.07, 6.45) is -5.03. The van der Waals surface area contributed by atoms with Crippen LogP contribution in [0.3, 0.4) is 0 Å². The lowest BCUT2D eigenvalue weighted by Gasteiger charge is -2.18. The molecule has 0 aromatic heterocycles. The highest BCUT2D eigenvalue weighted by Gasteiger charge is 2.39. The number of benzene rings is 1. The van der Waals surface area contributed by atoms with Gasteiger partial charge in [0.25, 0.3) is 0 Å². The van der Waals surface area contributed by atoms with Crippen LogP contribution < -0.4 is 0 Å². The summed E-state index contributed by atoms with van der Waals surface area (Å²) in [6, 6.07) is 2.48. The van der Waals surface area contributed by atoms with Gasteiger partial charge < -0.3 is 5.11 Å². The summed E-state index contributed by atoms with van der Waals surface area (Å²) in [4.78, 5) is 0. The first-order valence-electron chi connectivity index (χ1n) is 4.57. The molecule has 0 spiro atoms. The van der Waals surface area contributed by atoms with Gasteiger partial charge in [0.2, 0.25) is 0 Å². The van der Waals surface area contributed by atoms with Gasteiger partial charge in [0.15, 0.2) is 5.82 Å². The number of halogens is 6. The Bertz CT molecular complexity index is 408. The Labute approximate surface area is 109 Å². The maximum atomic E-state index is 13.3. The quantitative estimate of drug-likeness (QED) is 0.655. The average Bonchev–Trinajstić information content (AvgIpc) is 2.23. The molecule has 0 saturated carbocycles. The molecule has 1 rings (SSSR count). The first kappa shape index (κ1) is 14.7. The zero-order valence-corrected chi connectivity index (χ0v) is 10.7. The van der Waals surface area contributed by atoms with Crippen molar-refractivity contribution in [3.8, 4) is 0 Å². The first-order valence-corrected chi connectivity index (χ1v) is 5.74. The normalized spacial score (nSPS) is 13.8. The van der Waals surface area contributed by atoms with Gasteiger partial charge in [-0.1, -0.05) is 17.7 Å². The lowest BCUT2D eigenvalue weighted by Crippen LogP contribution is -2.28. The van der Waals surface area contributed by atoms with Gasteiger partial charge in [0, 0.05) is 0 Å². The minimum atomic E-state index is -4.52. The molecule has 0 unspecified atom stereocenters. The Morgan fingerprint density at radius 2 is 1.94 bits per heavy atom. The van der Waals surface area contributed by atoms with Crippen LogP contribution in [0.5, 0.6) is 0 Å². The molecule has 17 heavy (non-hydrogen) atoms. The Balaban J connectivity index is 2.99. The molecule has 1 aromatic carbocycles. The average molecular weight is 336 g/mol. The van der Waals surface area contributed by atoms with Crippen LogP contribution in [0.1, 0.15) is 5.56 Å². The van der Waals surface area contributed by atoms with Crippen molar-refractivity contribution >= 4 is 27.5 Å². The molecule has 0 aliphatic rings. The van der Waals surface area contributed by atoms with Crippen molar-refractivity contribution in [2.45, 2.75) is 12.6 Å². The molecule has 1 aromatic rings. The Kier molecular flexibility index (Phi) is 4.80. The Hall–Kier alpha value is -0.330. The van der Waals surface area contributed by atoms with E-state index < -0.39 is 30.9 Å². The third kappa shape index (κ3) is 3.56. The number of hydrogen-bond acceptors (Lipinski definition) is 1. The molecule has 0 heterocycles. The molecule has 1 N–H and O–H groups in total. The van der Waals surface area contributed by atoms with Gasteiger partial charge in [-0.15, -0.1) is 0 Å². The minimum absolute atomic E-state index is 0.104. The molecule has 1 nitrogen and oxygen atoms in total. The maximum Gasteiger partial charge on any atom is 0.394 e. The molecule has 0 saturated heterocycles. The fourth-order valence-corrected chi connectivity index (χ4v) is 2.05. The van der Waals surface area contributed by atoms with Crippen molar-refractivity contribution in [1.82, 2.24) is 0 Å². The lowest BCUT2D eigenvalue weighted by molar-refractivity contribution is -0.183. The molecule has 0 amide bonds. The topological polar surface area (TPSA) is 20.2 Å². The van der Waals surface area contributed by atoms with Crippen LogP contribution in [-0.4, -0.2) is 17.9 Å². The van der Waals surface area contributed by atoms with Gasteiger partial charge in [0.1, 0.15) is 0 Å². The highest BCUT2D eigenvalue weighted by Crippen LogP contribution is 2.33. The summed E-state index contributed by atoms with van der Waals surface area (Å²) in [7, 11) is 0. The SMILES string of the molecule is OC[C@H](Cc1ccc(Cl)c(F)c1Br)C(F)(F)F. The minimum Gasteiger partial charge on any atom is -0.396 e. The van der Waals surface area contributed by atoms with E-state index >= 15 is 0 Å². The van der Waals surface area contributed by atoms with Crippen molar-refractivity contribution in [3.63, 3.8) is 0 Å². The van der Waals surface area contributed by atoms with Crippen molar-refractivity contribution in [1.29, 1.82) is 0 Å². The lowest BCUT2D eigenvalue weighted by atomic mass is 9.99. The number of rotatable bonds is 3. The summed E-state index contributed by atoms with van der Waals surface area (Å²) in [5.74, 6) is -2.72. The van der Waals surface area contributed by atoms with Crippen LogP contribution in [0, 0.1) is 11.7 Å². The second-order valence-electron chi connectivity index (χ2n) is 3.46. The van der Waals surface area contributed by atoms with Crippen molar-refractivity contribution in [2.24, 2.45) is 5.92 Å². The van der Waals surface area contributed by atoms with Crippen molar-refractivity contribution in [2.75, 3.05) is 6.61 Å². The largest absolute Gasteiger partial charge is 0.396 e. The Morgan fingerprint density at radius 3 is 2.41 bits per heavy atom. The van der Waals surface area contributed by atoms with Gasteiger partial charge in [0.05, 0.1) is 22.0 Å². The van der Waals surface area contributed by atoms with Gasteiger partial charge in [-0.3, -0.25) is 0 Å². The van der Waals surface area contributed by atoms with E-state index in [0.717, 1.165) is 0 Å². The summed E-state index contributed by atoms with van der Waals surface area (Å²) in [5, 5.41) is 8.51. The molecule has 0 aliphatic heterocycles. The Morgan fingerprint density at radius 1 is 1.35 bits per heavy atom. The van der Waals surface area contributed by atoms with E-state index in [1.807, 2.05) is 0 Å². The van der Waals surface area contributed by atoms with Crippen molar-refractivity contribution in [3.05, 3.63) is 33.0 Å². The van der Waals surface area contributed by atoms with E-state index in [9.17, 15) is 17.6 Å². The number of hydrogen-bond donors (Lipinski definition) is 1. The number of aliphatic hydroxyl groups excluding tert-OH is 1. The molecule has 0 aliphatic carbocycles. The summed E-state index contributed by atoms with van der Waals surface area (Å²) in [6.45, 7) is -1.04. The molecule has 0 bridgehead atoms. The van der Waals surface area contributed by atoms with E-state index in [1.165, 1.54) is 12.1 Å². The van der Waals surface area contributed by atoms with E-state index in [-0.39, 0.29) is 15.1 Å². The van der Waals surface area contributed by atoms with Crippen LogP contribution in [0.4, 0.5) is 17.6 Å². The number of aliphatic hydroxyl groups is 1. The molecule has 96 valence electrons. The molecular formula is C10H8BrClF4O. The highest BCUT2D eigenvalue weighted by atomic mass is 79.9. The van der Waals surface area contributed by atoms with Crippen LogP contribution in [0.25, 0.3) is 0 Å². The third-order valence-corrected chi connectivity index (χ3v) is 3.41. The van der Waals surface area contributed by atoms with Crippen molar-refractivity contribution < 1.29 is 22.7 Å². The summed E-state index contributed by atoms with van der Waals surface area (Å²) >= 11 is 8.32. The first-order chi connectivity index (χ1) is 7.77. The molecule has 0 radical (unpaired) electrons. The van der Waals surface area contributed by atoms with E-state index in [1.54, 1.807) is 0 Å². The third-order valence-electron chi connectivity index (χ3n) is 2.26. The molecule has 7 heteroatoms. The molecule has 1 atom stereocenters. The molecule has 0 fully saturated rings. The van der Waals surface area contributed by atoms with Gasteiger partial charge >= 0.3 is 6.18 Å². The smallest absolute Gasteiger partial charge is 0.394 e. The van der Waals surface area contributed by atoms with Gasteiger partial charge in [-0.25, -0.2) is 4.39 Å². The second-order valence-corrected chi connectivity index (χ2v) is 4.66. The monoisotopic (exact) mass is 334 g/mol. The van der Waals surface area contributed by atoms with Crippen LogP contribution in [0.15, 0.2) is 16.6 Å². The molecular weight excluding hydrogens is 327 g/mol. The van der Waals surface area contributed by atoms with Crippen LogP contribution in [-0.2, 0) is 6.42 Å². The summed E-state index contributed by atoms with van der Waals surface area (Å²) in [5.41, 5.74) is 0.114. The highest BCUT2D eigenvalue weighted by molar-refractivity contribution is 9.10. The predicted octanol–water partition coefficient (Wildman–Crippen LogP) is 3.95. The van der Waals surface area contributed by atoms with E-state index in [2.05, 4.69) is 15.9 Å². The predicted molar refractivity (Wildman–Crippen MR) is 59.4 cm³/mol. The standard InChI is InChI=1S/C10H8BrClF4O/c11-8-5(1-2-7(12)9(8)13)3-6(4-17)10(14,15)16/h1-2,6,17H,3-4H2/t6-/m0/s1.